The molecule has 0 radical (unpaired) electrons. The van der Waals surface area contributed by atoms with Crippen LogP contribution in [0.1, 0.15) is 43.2 Å². The van der Waals surface area contributed by atoms with Gasteiger partial charge in [0.15, 0.2) is 5.13 Å². The van der Waals surface area contributed by atoms with Crippen molar-refractivity contribution in [1.82, 2.24) is 9.88 Å². The van der Waals surface area contributed by atoms with Crippen molar-refractivity contribution in [2.45, 2.75) is 31.9 Å². The third kappa shape index (κ3) is 6.26. The fourth-order valence-corrected chi connectivity index (χ4v) is 6.17. The minimum Gasteiger partial charge on any atom is -0.459 e. The van der Waals surface area contributed by atoms with Crippen LogP contribution in [0.5, 0.6) is 0 Å². The summed E-state index contributed by atoms with van der Waals surface area (Å²) < 4.78 is 5.28. The van der Waals surface area contributed by atoms with Crippen molar-refractivity contribution in [3.05, 3.63) is 124 Å². The maximum Gasteiger partial charge on any atom is 0.326 e. The van der Waals surface area contributed by atoms with Gasteiger partial charge in [-0.1, -0.05) is 91.0 Å². The summed E-state index contributed by atoms with van der Waals surface area (Å²) in [5.41, 5.74) is 2.19. The number of thioether (sulfide) groups is 1. The van der Waals surface area contributed by atoms with E-state index in [4.69, 9.17) is 9.72 Å². The van der Waals surface area contributed by atoms with E-state index in [-0.39, 0.29) is 4.91 Å². The molecular weight excluding hydrogens is 555 g/mol. The van der Waals surface area contributed by atoms with Crippen molar-refractivity contribution in [1.29, 1.82) is 0 Å². The number of rotatable bonds is 8. The van der Waals surface area contributed by atoms with E-state index in [1.54, 1.807) is 26.8 Å². The molecule has 1 saturated heterocycles. The Morgan fingerprint density at radius 1 is 0.878 bits per heavy atom. The number of imide groups is 1. The lowest BCUT2D eigenvalue weighted by Crippen LogP contribution is -2.38. The Morgan fingerprint density at radius 3 is 1.88 bits per heavy atom. The topological polar surface area (TPSA) is 88.6 Å². The summed E-state index contributed by atoms with van der Waals surface area (Å²) in [6, 6.07) is 30.5. The summed E-state index contributed by atoms with van der Waals surface area (Å²) in [4.78, 5) is 43.6. The van der Waals surface area contributed by atoms with Gasteiger partial charge >= 0.3 is 5.97 Å². The predicted octanol–water partition coefficient (Wildman–Crippen LogP) is 6.93. The minimum atomic E-state index is -0.746. The number of anilines is 1. The van der Waals surface area contributed by atoms with E-state index in [2.05, 4.69) is 41.7 Å². The lowest BCUT2D eigenvalue weighted by atomic mass is 9.77. The summed E-state index contributed by atoms with van der Waals surface area (Å²) in [6.07, 6.45) is 1.58. The number of thiazole rings is 1. The number of nitrogens with zero attached hydrogens (tertiary/aromatic N) is 2. The molecule has 41 heavy (non-hydrogen) atoms. The van der Waals surface area contributed by atoms with Crippen molar-refractivity contribution < 1.29 is 19.1 Å². The van der Waals surface area contributed by atoms with E-state index >= 15 is 0 Å². The van der Waals surface area contributed by atoms with Crippen LogP contribution in [-0.2, 0) is 19.9 Å². The molecule has 1 N–H and O–H groups in total. The van der Waals surface area contributed by atoms with Crippen molar-refractivity contribution >= 4 is 51.4 Å². The normalized spacial score (nSPS) is 14.9. The average molecular weight is 584 g/mol. The van der Waals surface area contributed by atoms with Crippen LogP contribution in [-0.4, -0.2) is 39.1 Å². The highest BCUT2D eigenvalue weighted by molar-refractivity contribution is 8.18. The van der Waals surface area contributed by atoms with Gasteiger partial charge in [-0.25, -0.2) is 4.98 Å². The van der Waals surface area contributed by atoms with Crippen LogP contribution < -0.4 is 5.32 Å². The number of amides is 2. The molecule has 208 valence electrons. The summed E-state index contributed by atoms with van der Waals surface area (Å²) in [7, 11) is 0. The molecule has 7 nitrogen and oxygen atoms in total. The monoisotopic (exact) mass is 583 g/mol. The first-order valence-corrected chi connectivity index (χ1v) is 14.7. The highest BCUT2D eigenvalue weighted by atomic mass is 32.2. The van der Waals surface area contributed by atoms with Gasteiger partial charge in [0.05, 0.1) is 10.6 Å². The van der Waals surface area contributed by atoms with Crippen molar-refractivity contribution in [2.75, 3.05) is 11.9 Å². The molecule has 9 heteroatoms. The Morgan fingerprint density at radius 2 is 1.39 bits per heavy atom. The highest BCUT2D eigenvalue weighted by Gasteiger charge is 2.39. The van der Waals surface area contributed by atoms with Crippen LogP contribution >= 0.6 is 23.1 Å². The van der Waals surface area contributed by atoms with Gasteiger partial charge in [0.1, 0.15) is 17.7 Å². The standard InChI is InChI=1S/C32H29N3O4S2/c1-31(2,3)39-27(36)20-35-28(37)26(41-30(35)38)19-25-21-40-29(33-25)34-32(22-13-7-4-8-14-22,23-15-9-5-10-16-23)24-17-11-6-12-18-24/h4-19,21H,20H2,1-3H3,(H,33,34)/b26-19+. The molecule has 1 aliphatic heterocycles. The smallest absolute Gasteiger partial charge is 0.326 e. The number of hydrogen-bond donors (Lipinski definition) is 1. The third-order valence-electron chi connectivity index (χ3n) is 6.30. The minimum absolute atomic E-state index is 0.204. The Kier molecular flexibility index (Phi) is 8.10. The van der Waals surface area contributed by atoms with Gasteiger partial charge in [-0.05, 0) is 55.3 Å². The number of carbonyl (C=O) groups excluding carboxylic acids is 3. The molecule has 1 fully saturated rings. The summed E-state index contributed by atoms with van der Waals surface area (Å²) >= 11 is 2.19. The molecule has 0 aliphatic carbocycles. The van der Waals surface area contributed by atoms with Gasteiger partial charge in [0, 0.05) is 5.38 Å². The highest BCUT2D eigenvalue weighted by Crippen LogP contribution is 2.41. The maximum atomic E-state index is 13.0. The zero-order chi connectivity index (χ0) is 29.0. The first-order valence-electron chi connectivity index (χ1n) is 13.0. The Labute approximate surface area is 247 Å². The second-order valence-corrected chi connectivity index (χ2v) is 12.3. The van der Waals surface area contributed by atoms with Crippen molar-refractivity contribution in [2.24, 2.45) is 0 Å². The van der Waals surface area contributed by atoms with E-state index in [9.17, 15) is 14.4 Å². The van der Waals surface area contributed by atoms with Gasteiger partial charge < -0.3 is 10.1 Å². The number of benzene rings is 3. The van der Waals surface area contributed by atoms with Gasteiger partial charge in [0.2, 0.25) is 0 Å². The molecule has 1 aromatic heterocycles. The van der Waals surface area contributed by atoms with Crippen molar-refractivity contribution in [3.63, 3.8) is 0 Å². The molecule has 0 atom stereocenters. The number of esters is 1. The van der Waals surface area contributed by atoms with Crippen LogP contribution in [0, 0.1) is 0 Å². The molecule has 3 aromatic carbocycles. The summed E-state index contributed by atoms with van der Waals surface area (Å²) in [5.74, 6) is -1.18. The van der Waals surface area contributed by atoms with E-state index in [1.165, 1.54) is 11.3 Å². The van der Waals surface area contributed by atoms with Crippen LogP contribution in [0.2, 0.25) is 0 Å². The van der Waals surface area contributed by atoms with Crippen LogP contribution in [0.4, 0.5) is 9.93 Å². The van der Waals surface area contributed by atoms with E-state index in [0.717, 1.165) is 33.4 Å². The van der Waals surface area contributed by atoms with Gasteiger partial charge in [-0.3, -0.25) is 19.3 Å². The summed E-state index contributed by atoms with van der Waals surface area (Å²) in [6.45, 7) is 4.76. The molecule has 0 unspecified atom stereocenters. The van der Waals surface area contributed by atoms with Crippen LogP contribution in [0.3, 0.4) is 0 Å². The average Bonchev–Trinajstić information content (AvgIpc) is 3.51. The molecule has 2 amide bonds. The molecule has 0 saturated carbocycles. The number of aromatic nitrogens is 1. The van der Waals surface area contributed by atoms with E-state index in [1.807, 2.05) is 60.0 Å². The molecule has 0 bridgehead atoms. The maximum absolute atomic E-state index is 13.0. The molecule has 0 spiro atoms. The SMILES string of the molecule is CC(C)(C)OC(=O)CN1C(=O)S/C(=C/c2csc(NC(c3ccccc3)(c3ccccc3)c3ccccc3)n2)C1=O. The molecular formula is C32H29N3O4S2. The zero-order valence-electron chi connectivity index (χ0n) is 22.9. The first-order chi connectivity index (χ1) is 19.7. The number of ether oxygens (including phenoxy) is 1. The predicted molar refractivity (Wildman–Crippen MR) is 163 cm³/mol. The quantitative estimate of drug-likeness (QED) is 0.137. The number of nitrogens with one attached hydrogen (secondary N) is 1. The number of hydrogen-bond acceptors (Lipinski definition) is 8. The number of carbonyl (C=O) groups is 3. The lowest BCUT2D eigenvalue weighted by Gasteiger charge is -2.36. The first kappa shape index (κ1) is 28.3. The fourth-order valence-electron chi connectivity index (χ4n) is 4.62. The van der Waals surface area contributed by atoms with Gasteiger partial charge in [-0.2, -0.15) is 0 Å². The third-order valence-corrected chi connectivity index (χ3v) is 7.98. The lowest BCUT2D eigenvalue weighted by molar-refractivity contribution is -0.156. The molecule has 4 aromatic rings. The van der Waals surface area contributed by atoms with Crippen LogP contribution in [0.25, 0.3) is 6.08 Å². The van der Waals surface area contributed by atoms with Gasteiger partial charge in [-0.15, -0.1) is 11.3 Å². The Balaban J connectivity index is 1.46. The largest absolute Gasteiger partial charge is 0.459 e. The van der Waals surface area contributed by atoms with Crippen LogP contribution in [0.15, 0.2) is 101 Å². The second-order valence-electron chi connectivity index (χ2n) is 10.4. The van der Waals surface area contributed by atoms with Gasteiger partial charge in [0.25, 0.3) is 11.1 Å². The fraction of sp³-hybridized carbons (Fsp3) is 0.188. The van der Waals surface area contributed by atoms with E-state index in [0.29, 0.717) is 10.8 Å². The Bertz CT molecular complexity index is 1480. The molecule has 5 rings (SSSR count). The van der Waals surface area contributed by atoms with E-state index < -0.39 is 34.8 Å². The Hall–Kier alpha value is -4.21. The second kappa shape index (κ2) is 11.7. The molecule has 2 heterocycles. The zero-order valence-corrected chi connectivity index (χ0v) is 24.5. The summed E-state index contributed by atoms with van der Waals surface area (Å²) in [5, 5.41) is 5.66. The van der Waals surface area contributed by atoms with Crippen molar-refractivity contribution in [3.8, 4) is 0 Å². The molecule has 1 aliphatic rings.